The Morgan fingerprint density at radius 3 is 2.29 bits per heavy atom. The number of carboxylic acids is 1. The molecule has 0 amide bonds. The van der Waals surface area contributed by atoms with Crippen LogP contribution in [0.15, 0.2) is 24.3 Å². The van der Waals surface area contributed by atoms with E-state index >= 15 is 0 Å². The standard InChI is InChI=1S/C20H30O4/c1-2-3-4-5-6-7-8-9-12-15-23-17-14-11-10-13-16(17)18-19(24-18)20(21)22/h10-11,13-14,18-19H,2-9,12,15H2,1H3,(H,21,22). The SMILES string of the molecule is CCCCCCCCCCCOc1ccccc1C1OC1C(=O)O. The number of carboxylic acid groups (broad SMARTS) is 1. The van der Waals surface area contributed by atoms with Crippen LogP contribution in [0.3, 0.4) is 0 Å². The summed E-state index contributed by atoms with van der Waals surface area (Å²) in [6, 6.07) is 7.58. The first kappa shape index (κ1) is 18.8. The van der Waals surface area contributed by atoms with Gasteiger partial charge in [0.05, 0.1) is 6.61 Å². The van der Waals surface area contributed by atoms with Crippen LogP contribution >= 0.6 is 0 Å². The Balaban J connectivity index is 1.59. The molecule has 2 rings (SSSR count). The van der Waals surface area contributed by atoms with E-state index in [2.05, 4.69) is 6.92 Å². The lowest BCUT2D eigenvalue weighted by Crippen LogP contribution is -2.06. The van der Waals surface area contributed by atoms with Gasteiger partial charge in [-0.15, -0.1) is 0 Å². The fourth-order valence-electron chi connectivity index (χ4n) is 2.98. The van der Waals surface area contributed by atoms with E-state index in [1.165, 1.54) is 51.4 Å². The second kappa shape index (κ2) is 10.3. The first-order valence-electron chi connectivity index (χ1n) is 9.34. The van der Waals surface area contributed by atoms with E-state index in [1.54, 1.807) is 0 Å². The molecule has 134 valence electrons. The number of benzene rings is 1. The van der Waals surface area contributed by atoms with Gasteiger partial charge in [0.15, 0.2) is 6.10 Å². The third kappa shape index (κ3) is 6.16. The van der Waals surface area contributed by atoms with Crippen LogP contribution in [0, 0.1) is 0 Å². The molecule has 1 aliphatic rings. The first-order valence-corrected chi connectivity index (χ1v) is 9.34. The Labute approximate surface area is 145 Å². The Bertz CT molecular complexity index is 500. The van der Waals surface area contributed by atoms with Crippen molar-refractivity contribution in [3.05, 3.63) is 29.8 Å². The van der Waals surface area contributed by atoms with Gasteiger partial charge in [-0.2, -0.15) is 0 Å². The number of para-hydroxylation sites is 1. The van der Waals surface area contributed by atoms with Gasteiger partial charge in [0.1, 0.15) is 11.9 Å². The van der Waals surface area contributed by atoms with Crippen LogP contribution in [0.25, 0.3) is 0 Å². The maximum atomic E-state index is 10.9. The molecule has 0 aromatic heterocycles. The molecule has 2 unspecified atom stereocenters. The predicted molar refractivity (Wildman–Crippen MR) is 94.4 cm³/mol. The third-order valence-electron chi connectivity index (χ3n) is 4.47. The zero-order chi connectivity index (χ0) is 17.2. The second-order valence-electron chi connectivity index (χ2n) is 6.53. The second-order valence-corrected chi connectivity index (χ2v) is 6.53. The van der Waals surface area contributed by atoms with Crippen LogP contribution in [-0.2, 0) is 9.53 Å². The molecule has 1 aliphatic heterocycles. The van der Waals surface area contributed by atoms with Crippen molar-refractivity contribution in [2.45, 2.75) is 76.9 Å². The van der Waals surface area contributed by atoms with E-state index in [4.69, 9.17) is 14.6 Å². The average molecular weight is 334 g/mol. The fraction of sp³-hybridized carbons (Fsp3) is 0.650. The van der Waals surface area contributed by atoms with E-state index < -0.39 is 12.1 Å². The molecule has 4 nitrogen and oxygen atoms in total. The van der Waals surface area contributed by atoms with Gasteiger partial charge >= 0.3 is 5.97 Å². The molecule has 0 radical (unpaired) electrons. The molecular formula is C20H30O4. The molecule has 1 N–H and O–H groups in total. The minimum Gasteiger partial charge on any atom is -0.493 e. The summed E-state index contributed by atoms with van der Waals surface area (Å²) in [6.45, 7) is 2.92. The lowest BCUT2D eigenvalue weighted by atomic mass is 10.1. The van der Waals surface area contributed by atoms with Crippen molar-refractivity contribution in [1.82, 2.24) is 0 Å². The number of unbranched alkanes of at least 4 members (excludes halogenated alkanes) is 8. The van der Waals surface area contributed by atoms with Gasteiger partial charge in [-0.3, -0.25) is 0 Å². The lowest BCUT2D eigenvalue weighted by molar-refractivity contribution is -0.138. The quantitative estimate of drug-likeness (QED) is 0.402. The smallest absolute Gasteiger partial charge is 0.335 e. The fourth-order valence-corrected chi connectivity index (χ4v) is 2.98. The molecule has 1 saturated heterocycles. The number of aliphatic carboxylic acids is 1. The molecule has 1 aromatic rings. The molecule has 24 heavy (non-hydrogen) atoms. The van der Waals surface area contributed by atoms with E-state index in [9.17, 15) is 4.79 Å². The summed E-state index contributed by atoms with van der Waals surface area (Å²) < 4.78 is 11.1. The maximum absolute atomic E-state index is 10.9. The highest BCUT2D eigenvalue weighted by Crippen LogP contribution is 2.42. The number of hydrogen-bond acceptors (Lipinski definition) is 3. The van der Waals surface area contributed by atoms with E-state index in [1.807, 2.05) is 24.3 Å². The summed E-state index contributed by atoms with van der Waals surface area (Å²) in [5, 5.41) is 8.97. The van der Waals surface area contributed by atoms with Crippen LogP contribution in [0.2, 0.25) is 0 Å². The lowest BCUT2D eigenvalue weighted by Gasteiger charge is -2.10. The normalized spacial score (nSPS) is 19.2. The molecule has 0 bridgehead atoms. The molecule has 4 heteroatoms. The number of ether oxygens (including phenoxy) is 2. The summed E-state index contributed by atoms with van der Waals surface area (Å²) in [5.74, 6) is -0.153. The summed E-state index contributed by atoms with van der Waals surface area (Å²) in [4.78, 5) is 10.9. The Morgan fingerprint density at radius 1 is 1.04 bits per heavy atom. The molecule has 0 spiro atoms. The number of rotatable bonds is 13. The molecule has 1 aromatic carbocycles. The molecule has 2 atom stereocenters. The van der Waals surface area contributed by atoms with E-state index in [0.717, 1.165) is 17.7 Å². The van der Waals surface area contributed by atoms with Crippen LogP contribution in [0.1, 0.15) is 76.4 Å². The van der Waals surface area contributed by atoms with Gasteiger partial charge in [0, 0.05) is 5.56 Å². The largest absolute Gasteiger partial charge is 0.493 e. The van der Waals surface area contributed by atoms with Gasteiger partial charge in [0.25, 0.3) is 0 Å². The number of epoxide rings is 1. The maximum Gasteiger partial charge on any atom is 0.335 e. The summed E-state index contributed by atoms with van der Waals surface area (Å²) in [6.07, 6.45) is 10.5. The van der Waals surface area contributed by atoms with Crippen molar-refractivity contribution in [2.24, 2.45) is 0 Å². The zero-order valence-corrected chi connectivity index (χ0v) is 14.7. The average Bonchev–Trinajstić information content (AvgIpc) is 3.38. The molecule has 0 saturated carbocycles. The monoisotopic (exact) mass is 334 g/mol. The first-order chi connectivity index (χ1) is 11.7. The number of carbonyl (C=O) groups is 1. The number of hydrogen-bond donors (Lipinski definition) is 1. The summed E-state index contributed by atoms with van der Waals surface area (Å²) >= 11 is 0. The minimum absolute atomic E-state index is 0.359. The third-order valence-corrected chi connectivity index (χ3v) is 4.47. The van der Waals surface area contributed by atoms with Gasteiger partial charge in [-0.25, -0.2) is 4.79 Å². The van der Waals surface area contributed by atoms with Crippen molar-refractivity contribution in [2.75, 3.05) is 6.61 Å². The van der Waals surface area contributed by atoms with Crippen molar-refractivity contribution in [3.8, 4) is 5.75 Å². The van der Waals surface area contributed by atoms with Gasteiger partial charge in [-0.05, 0) is 12.5 Å². The highest BCUT2D eigenvalue weighted by Gasteiger charge is 2.47. The van der Waals surface area contributed by atoms with Crippen molar-refractivity contribution < 1.29 is 19.4 Å². The zero-order valence-electron chi connectivity index (χ0n) is 14.7. The van der Waals surface area contributed by atoms with Crippen molar-refractivity contribution in [1.29, 1.82) is 0 Å². The minimum atomic E-state index is -0.909. The van der Waals surface area contributed by atoms with Crippen LogP contribution in [-0.4, -0.2) is 23.8 Å². The van der Waals surface area contributed by atoms with Crippen molar-refractivity contribution in [3.63, 3.8) is 0 Å². The van der Waals surface area contributed by atoms with E-state index in [0.29, 0.717) is 6.61 Å². The Kier molecular flexibility index (Phi) is 8.10. The van der Waals surface area contributed by atoms with Crippen molar-refractivity contribution >= 4 is 5.97 Å². The molecule has 1 fully saturated rings. The Hall–Kier alpha value is -1.55. The molecule has 0 aliphatic carbocycles. The van der Waals surface area contributed by atoms with Crippen LogP contribution in [0.5, 0.6) is 5.75 Å². The predicted octanol–water partition coefficient (Wildman–Crippen LogP) is 5.12. The van der Waals surface area contributed by atoms with Gasteiger partial charge < -0.3 is 14.6 Å². The molecule has 1 heterocycles. The molecular weight excluding hydrogens is 304 g/mol. The van der Waals surface area contributed by atoms with Crippen LogP contribution in [0.4, 0.5) is 0 Å². The highest BCUT2D eigenvalue weighted by molar-refractivity contribution is 5.76. The van der Waals surface area contributed by atoms with Gasteiger partial charge in [-0.1, -0.05) is 76.5 Å². The summed E-state index contributed by atoms with van der Waals surface area (Å²) in [5.41, 5.74) is 0.848. The van der Waals surface area contributed by atoms with Crippen LogP contribution < -0.4 is 4.74 Å². The Morgan fingerprint density at radius 2 is 1.67 bits per heavy atom. The summed E-state index contributed by atoms with van der Waals surface area (Å²) in [7, 11) is 0. The van der Waals surface area contributed by atoms with E-state index in [-0.39, 0.29) is 6.10 Å². The topological polar surface area (TPSA) is 59.1 Å². The van der Waals surface area contributed by atoms with Gasteiger partial charge in [0.2, 0.25) is 0 Å². The highest BCUT2D eigenvalue weighted by atomic mass is 16.6.